The molecule has 0 amide bonds. The van der Waals surface area contributed by atoms with Gasteiger partial charge < -0.3 is 9.84 Å². The van der Waals surface area contributed by atoms with Crippen molar-refractivity contribution in [2.24, 2.45) is 17.3 Å². The van der Waals surface area contributed by atoms with Gasteiger partial charge in [0.25, 0.3) is 0 Å². The Labute approximate surface area is 164 Å². The maximum absolute atomic E-state index is 12.1. The number of hydrogen-bond donors (Lipinski definition) is 1. The summed E-state index contributed by atoms with van der Waals surface area (Å²) in [6.07, 6.45) is 16.8. The summed E-state index contributed by atoms with van der Waals surface area (Å²) >= 11 is 0. The number of methoxy groups -OCH3 is 1. The normalized spacial score (nSPS) is 21.4. The summed E-state index contributed by atoms with van der Waals surface area (Å²) < 4.78 is 4.61. The zero-order valence-electron chi connectivity index (χ0n) is 17.3. The van der Waals surface area contributed by atoms with Gasteiger partial charge in [0.2, 0.25) is 0 Å². The van der Waals surface area contributed by atoms with E-state index >= 15 is 0 Å². The Hall–Kier alpha value is -1.68. The molecule has 0 spiro atoms. The molecule has 0 fully saturated rings. The second kappa shape index (κ2) is 11.9. The van der Waals surface area contributed by atoms with Crippen LogP contribution in [-0.2, 0) is 14.3 Å². The third-order valence-electron chi connectivity index (χ3n) is 5.34. The molecule has 1 aliphatic carbocycles. The Kier molecular flexibility index (Phi) is 10.3. The van der Waals surface area contributed by atoms with Gasteiger partial charge in [-0.2, -0.15) is 0 Å². The highest BCUT2D eigenvalue weighted by molar-refractivity contribution is 5.95. The smallest absolute Gasteiger partial charge is 0.305 e. The van der Waals surface area contributed by atoms with Crippen LogP contribution < -0.4 is 0 Å². The molecular formula is C23H36O4. The van der Waals surface area contributed by atoms with E-state index < -0.39 is 6.10 Å². The molecule has 0 aromatic rings. The number of rotatable bonds is 12. The summed E-state index contributed by atoms with van der Waals surface area (Å²) in [5.41, 5.74) is -0.159. The lowest BCUT2D eigenvalue weighted by molar-refractivity contribution is -0.140. The number of unbranched alkanes of at least 4 members (excludes halogenated alkanes) is 2. The first-order valence-corrected chi connectivity index (χ1v) is 10.1. The molecule has 4 nitrogen and oxygen atoms in total. The van der Waals surface area contributed by atoms with Gasteiger partial charge in [-0.15, -0.1) is 0 Å². The molecule has 0 radical (unpaired) electrons. The second-order valence-electron chi connectivity index (χ2n) is 8.04. The molecule has 0 aliphatic heterocycles. The molecule has 152 valence electrons. The van der Waals surface area contributed by atoms with Gasteiger partial charge in [0, 0.05) is 18.3 Å². The summed E-state index contributed by atoms with van der Waals surface area (Å²) in [5, 5.41) is 10.5. The molecule has 0 heterocycles. The second-order valence-corrected chi connectivity index (χ2v) is 8.04. The number of aliphatic hydroxyl groups excluding tert-OH is 1. The molecule has 1 rings (SSSR count). The van der Waals surface area contributed by atoms with Crippen LogP contribution in [0.2, 0.25) is 0 Å². The molecule has 1 N–H and O–H groups in total. The van der Waals surface area contributed by atoms with Gasteiger partial charge in [-0.1, -0.05) is 64.0 Å². The molecule has 0 aromatic carbocycles. The fraction of sp³-hybridized carbons (Fsp3) is 0.652. The number of esters is 1. The number of hydrogen-bond acceptors (Lipinski definition) is 4. The highest BCUT2D eigenvalue weighted by Crippen LogP contribution is 2.31. The minimum atomic E-state index is -0.511. The highest BCUT2D eigenvalue weighted by atomic mass is 16.5. The van der Waals surface area contributed by atoms with Gasteiger partial charge in [0.15, 0.2) is 5.78 Å². The first kappa shape index (κ1) is 23.4. The van der Waals surface area contributed by atoms with Crippen molar-refractivity contribution >= 4 is 11.8 Å². The summed E-state index contributed by atoms with van der Waals surface area (Å²) in [4.78, 5) is 23.2. The first-order valence-electron chi connectivity index (χ1n) is 10.1. The lowest BCUT2D eigenvalue weighted by Crippen LogP contribution is -2.27. The Balaban J connectivity index is 2.51. The van der Waals surface area contributed by atoms with E-state index in [1.807, 2.05) is 30.4 Å². The number of ketones is 1. The van der Waals surface area contributed by atoms with E-state index in [1.165, 1.54) is 7.11 Å². The minimum Gasteiger partial charge on any atom is -0.469 e. The molecule has 0 saturated carbocycles. The van der Waals surface area contributed by atoms with Gasteiger partial charge >= 0.3 is 5.97 Å². The summed E-state index contributed by atoms with van der Waals surface area (Å²) in [7, 11) is 1.40. The van der Waals surface area contributed by atoms with Crippen LogP contribution in [0.3, 0.4) is 0 Å². The Morgan fingerprint density at radius 3 is 2.74 bits per heavy atom. The molecule has 1 aliphatic rings. The predicted octanol–water partition coefficient (Wildman–Crippen LogP) is 4.78. The largest absolute Gasteiger partial charge is 0.469 e. The number of allylic oxidation sites excluding steroid dienone is 5. The van der Waals surface area contributed by atoms with Gasteiger partial charge in [-0.05, 0) is 37.2 Å². The third-order valence-corrected chi connectivity index (χ3v) is 5.34. The van der Waals surface area contributed by atoms with Gasteiger partial charge in [-0.25, -0.2) is 0 Å². The minimum absolute atomic E-state index is 0.0360. The Bertz CT molecular complexity index is 557. The van der Waals surface area contributed by atoms with E-state index in [1.54, 1.807) is 6.08 Å². The van der Waals surface area contributed by atoms with Crippen molar-refractivity contribution in [2.45, 2.75) is 71.8 Å². The molecule has 4 heteroatoms. The van der Waals surface area contributed by atoms with E-state index in [0.717, 1.165) is 32.1 Å². The molecule has 27 heavy (non-hydrogen) atoms. The van der Waals surface area contributed by atoms with Crippen LogP contribution in [0, 0.1) is 17.3 Å². The van der Waals surface area contributed by atoms with Crippen LogP contribution in [0.1, 0.15) is 65.7 Å². The molecule has 0 unspecified atom stereocenters. The average Bonchev–Trinajstić information content (AvgIpc) is 3.00. The topological polar surface area (TPSA) is 63.6 Å². The van der Waals surface area contributed by atoms with Crippen LogP contribution in [0.5, 0.6) is 0 Å². The van der Waals surface area contributed by atoms with Crippen LogP contribution in [-0.4, -0.2) is 30.1 Å². The standard InChI is InChI=1S/C23H36O4/c1-5-6-17-23(2,3)21(25)16-14-18-13-15-20(24)19(18)11-9-7-8-10-12-22(26)27-4/h7,9,13-16,18-19,21,25H,5-6,8,10-12,17H2,1-4H3/b9-7-,16-14-/t18-,19-,21+/m1/s1. The van der Waals surface area contributed by atoms with E-state index in [-0.39, 0.29) is 29.0 Å². The number of aliphatic hydroxyl groups is 1. The Morgan fingerprint density at radius 2 is 2.07 bits per heavy atom. The maximum Gasteiger partial charge on any atom is 0.305 e. The fourth-order valence-electron chi connectivity index (χ4n) is 3.23. The van der Waals surface area contributed by atoms with Crippen molar-refractivity contribution in [3.63, 3.8) is 0 Å². The van der Waals surface area contributed by atoms with Crippen molar-refractivity contribution in [1.82, 2.24) is 0 Å². The van der Waals surface area contributed by atoms with Crippen molar-refractivity contribution in [3.8, 4) is 0 Å². The van der Waals surface area contributed by atoms with Gasteiger partial charge in [0.1, 0.15) is 0 Å². The van der Waals surface area contributed by atoms with Gasteiger partial charge in [-0.3, -0.25) is 9.59 Å². The predicted molar refractivity (Wildman–Crippen MR) is 109 cm³/mol. The van der Waals surface area contributed by atoms with Crippen LogP contribution in [0.25, 0.3) is 0 Å². The summed E-state index contributed by atoms with van der Waals surface area (Å²) in [5.74, 6) is -0.106. The molecule has 0 bridgehead atoms. The fourth-order valence-corrected chi connectivity index (χ4v) is 3.23. The number of carbonyl (C=O) groups excluding carboxylic acids is 2. The SMILES string of the molecule is CCCCC(C)(C)[C@@H](O)/C=C\[C@H]1C=CC(=O)[C@@H]1C/C=C\CCCC(=O)OC. The van der Waals surface area contributed by atoms with E-state index in [4.69, 9.17) is 0 Å². The lowest BCUT2D eigenvalue weighted by atomic mass is 9.80. The Morgan fingerprint density at radius 1 is 1.33 bits per heavy atom. The highest BCUT2D eigenvalue weighted by Gasteiger charge is 2.29. The zero-order valence-corrected chi connectivity index (χ0v) is 17.3. The first-order chi connectivity index (χ1) is 12.8. The van der Waals surface area contributed by atoms with Crippen LogP contribution in [0.15, 0.2) is 36.5 Å². The summed E-state index contributed by atoms with van der Waals surface area (Å²) in [6, 6.07) is 0. The van der Waals surface area contributed by atoms with Crippen molar-refractivity contribution < 1.29 is 19.4 Å². The van der Waals surface area contributed by atoms with Crippen LogP contribution in [0.4, 0.5) is 0 Å². The molecule has 3 atom stereocenters. The number of ether oxygens (including phenoxy) is 1. The van der Waals surface area contributed by atoms with E-state index in [2.05, 4.69) is 25.5 Å². The van der Waals surface area contributed by atoms with Crippen molar-refractivity contribution in [2.75, 3.05) is 7.11 Å². The monoisotopic (exact) mass is 376 g/mol. The third kappa shape index (κ3) is 8.25. The summed E-state index contributed by atoms with van der Waals surface area (Å²) in [6.45, 7) is 6.32. The quantitative estimate of drug-likeness (QED) is 0.302. The zero-order chi connectivity index (χ0) is 20.3. The van der Waals surface area contributed by atoms with Crippen LogP contribution >= 0.6 is 0 Å². The average molecular weight is 377 g/mol. The maximum atomic E-state index is 12.1. The van der Waals surface area contributed by atoms with E-state index in [9.17, 15) is 14.7 Å². The van der Waals surface area contributed by atoms with Crippen molar-refractivity contribution in [3.05, 3.63) is 36.5 Å². The molecule has 0 saturated heterocycles. The lowest BCUT2D eigenvalue weighted by Gasteiger charge is -2.28. The van der Waals surface area contributed by atoms with Crippen molar-refractivity contribution in [1.29, 1.82) is 0 Å². The van der Waals surface area contributed by atoms with E-state index in [0.29, 0.717) is 12.8 Å². The molecular weight excluding hydrogens is 340 g/mol. The molecule has 0 aromatic heterocycles. The number of carbonyl (C=O) groups is 2. The van der Waals surface area contributed by atoms with Gasteiger partial charge in [0.05, 0.1) is 13.2 Å².